The molecule has 0 aromatic carbocycles. The molecule has 3 heterocycles. The summed E-state index contributed by atoms with van der Waals surface area (Å²) in [6, 6.07) is 1.64. The number of pyridine rings is 1. The van der Waals surface area contributed by atoms with Crippen LogP contribution in [0.3, 0.4) is 0 Å². The fraction of sp³-hybridized carbons (Fsp3) is 0.444. The van der Waals surface area contributed by atoms with Gasteiger partial charge < -0.3 is 10.1 Å². The van der Waals surface area contributed by atoms with Crippen LogP contribution in [-0.4, -0.2) is 55.6 Å². The first-order valence-corrected chi connectivity index (χ1v) is 9.21. The van der Waals surface area contributed by atoms with Gasteiger partial charge in [0.1, 0.15) is 18.8 Å². The van der Waals surface area contributed by atoms with Gasteiger partial charge in [-0.2, -0.15) is 18.3 Å². The topological polar surface area (TPSA) is 97.7 Å². The van der Waals surface area contributed by atoms with Gasteiger partial charge in [-0.15, -0.1) is 0 Å². The molecule has 3 aromatic rings. The second kappa shape index (κ2) is 7.82. The smallest absolute Gasteiger partial charge is 0.369 e. The number of alkyl halides is 3. The van der Waals surface area contributed by atoms with E-state index in [9.17, 15) is 18.0 Å². The minimum atomic E-state index is -4.33. The highest BCUT2D eigenvalue weighted by Gasteiger charge is 2.31. The molecule has 0 unspecified atom stereocenters. The summed E-state index contributed by atoms with van der Waals surface area (Å²) in [6.45, 7) is -1.24. The summed E-state index contributed by atoms with van der Waals surface area (Å²) < 4.78 is 43.4. The number of rotatable bonds is 5. The van der Waals surface area contributed by atoms with Crippen molar-refractivity contribution in [2.75, 3.05) is 6.61 Å². The number of halogens is 3. The molecule has 1 aliphatic carbocycles. The number of carbonyl (C=O) groups excluding carboxylic acids is 1. The van der Waals surface area contributed by atoms with Gasteiger partial charge in [0.2, 0.25) is 0 Å². The fourth-order valence-corrected chi connectivity index (χ4v) is 3.47. The lowest BCUT2D eigenvalue weighted by molar-refractivity contribution is -0.188. The van der Waals surface area contributed by atoms with Crippen LogP contribution in [0, 0.1) is 0 Å². The number of fused-ring (bicyclic) bond motifs is 1. The van der Waals surface area contributed by atoms with Gasteiger partial charge in [-0.25, -0.2) is 9.97 Å². The predicted molar refractivity (Wildman–Crippen MR) is 96.5 cm³/mol. The Morgan fingerprint density at radius 1 is 1.31 bits per heavy atom. The molecule has 0 saturated heterocycles. The van der Waals surface area contributed by atoms with E-state index in [0.29, 0.717) is 37.0 Å². The molecule has 4 rings (SSSR count). The van der Waals surface area contributed by atoms with Crippen molar-refractivity contribution in [2.24, 2.45) is 0 Å². The minimum absolute atomic E-state index is 0.148. The molecule has 0 spiro atoms. The summed E-state index contributed by atoms with van der Waals surface area (Å²) in [7, 11) is 0. The summed E-state index contributed by atoms with van der Waals surface area (Å²) in [4.78, 5) is 21.3. The molecule has 1 aliphatic rings. The predicted octanol–water partition coefficient (Wildman–Crippen LogP) is 2.76. The molecule has 0 atom stereocenters. The first-order chi connectivity index (χ1) is 13.9. The second-order valence-corrected chi connectivity index (χ2v) is 7.01. The van der Waals surface area contributed by atoms with Crippen LogP contribution in [0.2, 0.25) is 0 Å². The van der Waals surface area contributed by atoms with Crippen LogP contribution in [-0.2, 0) is 4.74 Å². The van der Waals surface area contributed by atoms with E-state index in [1.807, 2.05) is 0 Å². The van der Waals surface area contributed by atoms with Crippen LogP contribution in [0.1, 0.15) is 36.2 Å². The number of amides is 1. The molecule has 1 amide bonds. The normalized spacial score (nSPS) is 20.1. The number of aromatic nitrogens is 5. The van der Waals surface area contributed by atoms with Crippen LogP contribution in [0.4, 0.5) is 13.2 Å². The lowest BCUT2D eigenvalue weighted by Gasteiger charge is -2.29. The van der Waals surface area contributed by atoms with Crippen LogP contribution in [0.5, 0.6) is 0 Å². The zero-order valence-corrected chi connectivity index (χ0v) is 15.3. The number of hydrogen-bond donors (Lipinski definition) is 2. The third-order valence-electron chi connectivity index (χ3n) is 4.89. The van der Waals surface area contributed by atoms with Gasteiger partial charge in [-0.1, -0.05) is 0 Å². The number of carbonyl (C=O) groups is 1. The van der Waals surface area contributed by atoms with Crippen molar-refractivity contribution in [1.82, 2.24) is 30.0 Å². The van der Waals surface area contributed by atoms with Gasteiger partial charge >= 0.3 is 6.18 Å². The molecule has 0 radical (unpaired) electrons. The Kier molecular flexibility index (Phi) is 5.22. The maximum Gasteiger partial charge on any atom is 0.411 e. The molecule has 3 aromatic heterocycles. The van der Waals surface area contributed by atoms with Crippen LogP contribution in [0.15, 0.2) is 31.0 Å². The first-order valence-electron chi connectivity index (χ1n) is 9.21. The van der Waals surface area contributed by atoms with Crippen LogP contribution < -0.4 is 5.32 Å². The minimum Gasteiger partial charge on any atom is -0.369 e. The van der Waals surface area contributed by atoms with E-state index < -0.39 is 18.9 Å². The summed E-state index contributed by atoms with van der Waals surface area (Å²) in [5, 5.41) is 10.4. The Bertz CT molecular complexity index is 977. The van der Waals surface area contributed by atoms with Crippen molar-refractivity contribution >= 4 is 16.8 Å². The van der Waals surface area contributed by atoms with E-state index in [1.54, 1.807) is 35.6 Å². The molecule has 2 N–H and O–H groups in total. The number of nitrogens with zero attached hydrogens (tertiary/aromatic N) is 4. The fourth-order valence-electron chi connectivity index (χ4n) is 3.47. The third-order valence-corrected chi connectivity index (χ3v) is 4.89. The average Bonchev–Trinajstić information content (AvgIpc) is 3.37. The molecule has 154 valence electrons. The standard InChI is InChI=1S/C18H19F3N6O2/c19-18(20,21)9-29-13-3-1-12(2-4-13)24-17(28)16-15-11(8-23-26-15)7-14(25-16)27-6-5-22-10-27/h5-8,10,12-13H,1-4,9H2,(H,23,26)(H,24,28). The maximum atomic E-state index is 12.9. The molecule has 11 heteroatoms. The van der Waals surface area contributed by atoms with Crippen LogP contribution >= 0.6 is 0 Å². The van der Waals surface area contributed by atoms with Crippen molar-refractivity contribution in [3.8, 4) is 5.82 Å². The molecule has 1 saturated carbocycles. The Morgan fingerprint density at radius 2 is 2.10 bits per heavy atom. The largest absolute Gasteiger partial charge is 0.411 e. The first kappa shape index (κ1) is 19.4. The number of ether oxygens (including phenoxy) is 1. The monoisotopic (exact) mass is 408 g/mol. The molecule has 0 aliphatic heterocycles. The van der Waals surface area contributed by atoms with E-state index in [0.717, 1.165) is 5.39 Å². The van der Waals surface area contributed by atoms with Gasteiger partial charge in [0.25, 0.3) is 5.91 Å². The lowest BCUT2D eigenvalue weighted by atomic mass is 9.93. The van der Waals surface area contributed by atoms with Crippen molar-refractivity contribution < 1.29 is 22.7 Å². The van der Waals surface area contributed by atoms with E-state index in [2.05, 4.69) is 25.5 Å². The van der Waals surface area contributed by atoms with Crippen molar-refractivity contribution in [2.45, 2.75) is 44.0 Å². The zero-order chi connectivity index (χ0) is 20.4. The zero-order valence-electron chi connectivity index (χ0n) is 15.3. The Balaban J connectivity index is 1.43. The van der Waals surface area contributed by atoms with Crippen molar-refractivity contribution in [3.05, 3.63) is 36.7 Å². The molecule has 0 bridgehead atoms. The number of nitrogens with one attached hydrogen (secondary N) is 2. The van der Waals surface area contributed by atoms with Gasteiger partial charge in [0.05, 0.1) is 17.8 Å². The number of imidazole rings is 1. The summed E-state index contributed by atoms with van der Waals surface area (Å²) >= 11 is 0. The number of H-pyrrole nitrogens is 1. The Morgan fingerprint density at radius 3 is 2.79 bits per heavy atom. The highest BCUT2D eigenvalue weighted by Crippen LogP contribution is 2.25. The summed E-state index contributed by atoms with van der Waals surface area (Å²) in [6.07, 6.45) is 3.77. The Labute approximate surface area is 163 Å². The van der Waals surface area contributed by atoms with Gasteiger partial charge in [-0.05, 0) is 31.7 Å². The average molecular weight is 408 g/mol. The van der Waals surface area contributed by atoms with Crippen molar-refractivity contribution in [1.29, 1.82) is 0 Å². The molecular weight excluding hydrogens is 389 g/mol. The summed E-state index contributed by atoms with van der Waals surface area (Å²) in [5.74, 6) is 0.173. The molecule has 8 nitrogen and oxygen atoms in total. The van der Waals surface area contributed by atoms with Crippen molar-refractivity contribution in [3.63, 3.8) is 0 Å². The van der Waals surface area contributed by atoms with E-state index in [-0.39, 0.29) is 17.6 Å². The number of aromatic amines is 1. The highest BCUT2D eigenvalue weighted by atomic mass is 19.4. The maximum absolute atomic E-state index is 12.9. The van der Waals surface area contributed by atoms with E-state index in [1.165, 1.54) is 0 Å². The highest BCUT2D eigenvalue weighted by molar-refractivity contribution is 6.04. The lowest BCUT2D eigenvalue weighted by Crippen LogP contribution is -2.40. The number of hydrogen-bond acceptors (Lipinski definition) is 5. The molecule has 29 heavy (non-hydrogen) atoms. The van der Waals surface area contributed by atoms with E-state index in [4.69, 9.17) is 4.74 Å². The van der Waals surface area contributed by atoms with Gasteiger partial charge in [0, 0.05) is 23.8 Å². The quantitative estimate of drug-likeness (QED) is 0.677. The van der Waals surface area contributed by atoms with Crippen LogP contribution in [0.25, 0.3) is 16.7 Å². The summed E-state index contributed by atoms with van der Waals surface area (Å²) in [5.41, 5.74) is 0.729. The van der Waals surface area contributed by atoms with Gasteiger partial charge in [-0.3, -0.25) is 14.5 Å². The van der Waals surface area contributed by atoms with Gasteiger partial charge in [0.15, 0.2) is 5.69 Å². The Hall–Kier alpha value is -2.95. The second-order valence-electron chi connectivity index (χ2n) is 7.01. The molecule has 1 fully saturated rings. The SMILES string of the molecule is O=C(NC1CCC(OCC(F)(F)F)CC1)c1nc(-n2ccnc2)cc2cn[nH]c12. The molecular formula is C18H19F3N6O2. The van der Waals surface area contributed by atoms with E-state index >= 15 is 0 Å². The third kappa shape index (κ3) is 4.56.